The summed E-state index contributed by atoms with van der Waals surface area (Å²) >= 11 is 2.03. The van der Waals surface area contributed by atoms with Crippen LogP contribution in [0.5, 0.6) is 0 Å². The monoisotopic (exact) mass is 1060 g/mol. The fourth-order valence-electron chi connectivity index (χ4n) is 15.1. The Hall–Kier alpha value is -7.92. The van der Waals surface area contributed by atoms with Crippen molar-refractivity contribution < 1.29 is 0 Å². The highest BCUT2D eigenvalue weighted by Gasteiger charge is 2.54. The van der Waals surface area contributed by atoms with E-state index in [2.05, 4.69) is 281 Å². The van der Waals surface area contributed by atoms with Crippen molar-refractivity contribution in [1.82, 2.24) is 0 Å². The third-order valence-corrected chi connectivity index (χ3v) is 20.4. The van der Waals surface area contributed by atoms with Crippen LogP contribution in [0, 0.1) is 0 Å². The van der Waals surface area contributed by atoms with Crippen LogP contribution in [0.2, 0.25) is 0 Å². The molecule has 11 aromatic rings. The molecule has 3 aliphatic carbocycles. The first-order valence-electron chi connectivity index (χ1n) is 29.4. The van der Waals surface area contributed by atoms with Gasteiger partial charge < -0.3 is 9.80 Å². The third kappa shape index (κ3) is 6.57. The minimum absolute atomic E-state index is 0.00768. The highest BCUT2D eigenvalue weighted by molar-refractivity contribution is 7.33. The number of thiophene rings is 1. The van der Waals surface area contributed by atoms with Crippen LogP contribution in [0.1, 0.15) is 128 Å². The van der Waals surface area contributed by atoms with Crippen molar-refractivity contribution >= 4 is 88.7 Å². The number of benzene rings is 10. The standard InChI is InChI=1S/C77H67BN2S/c1-73(2,3)45-28-33-49(34-29-45)79-63-39-47(75(7,8)9)32-38-62(63)78-70-64(79)40-48(76(10,11)12)41-65(70)80(50-35-30-46(31-36-50)74(4,5)6)71-57-42-56-53-22-15-16-25-58(53)77(61(56)43-66(57)81-72(71)78)59-26-18-24-55-52-21-14-13-20-51(52)54-23-17-19-44-27-37-60(77)69(67(44)54)68(55)59/h13-43H,1-12H3. The van der Waals surface area contributed by atoms with E-state index in [1.54, 1.807) is 0 Å². The molecule has 10 aromatic carbocycles. The Morgan fingerprint density at radius 3 is 1.58 bits per heavy atom. The van der Waals surface area contributed by atoms with Gasteiger partial charge in [-0.15, -0.1) is 11.3 Å². The highest BCUT2D eigenvalue weighted by Crippen LogP contribution is 2.67. The Morgan fingerprint density at radius 1 is 0.383 bits per heavy atom. The lowest BCUT2D eigenvalue weighted by Gasteiger charge is -2.44. The first kappa shape index (κ1) is 48.9. The second kappa shape index (κ2) is 16.2. The molecule has 0 saturated heterocycles. The zero-order chi connectivity index (χ0) is 55.6. The summed E-state index contributed by atoms with van der Waals surface area (Å²) in [6.07, 6.45) is 0. The first-order valence-corrected chi connectivity index (χ1v) is 30.2. The summed E-state index contributed by atoms with van der Waals surface area (Å²) in [6, 6.07) is 74.5. The molecule has 0 N–H and O–H groups in total. The van der Waals surface area contributed by atoms with Crippen molar-refractivity contribution in [2.75, 3.05) is 9.80 Å². The van der Waals surface area contributed by atoms with Gasteiger partial charge in [-0.3, -0.25) is 0 Å². The van der Waals surface area contributed by atoms with Gasteiger partial charge in [-0.05, 0) is 187 Å². The Kier molecular flexibility index (Phi) is 9.77. The van der Waals surface area contributed by atoms with Crippen molar-refractivity contribution in [3.05, 3.63) is 233 Å². The van der Waals surface area contributed by atoms with Gasteiger partial charge in [0.15, 0.2) is 0 Å². The zero-order valence-corrected chi connectivity index (χ0v) is 49.6. The van der Waals surface area contributed by atoms with Crippen LogP contribution in [0.15, 0.2) is 188 Å². The van der Waals surface area contributed by atoms with Crippen LogP contribution >= 0.6 is 11.3 Å². The molecule has 3 heterocycles. The summed E-state index contributed by atoms with van der Waals surface area (Å²) in [5, 5.41) is 3.97. The highest BCUT2D eigenvalue weighted by atomic mass is 32.1. The Labute approximate surface area is 482 Å². The molecule has 394 valence electrons. The third-order valence-electron chi connectivity index (χ3n) is 19.2. The number of rotatable bonds is 2. The lowest BCUT2D eigenvalue weighted by Crippen LogP contribution is -2.60. The minimum atomic E-state index is -0.525. The molecule has 0 amide bonds. The second-order valence-electron chi connectivity index (χ2n) is 28.1. The van der Waals surface area contributed by atoms with Gasteiger partial charge >= 0.3 is 0 Å². The summed E-state index contributed by atoms with van der Waals surface area (Å²) in [5.74, 6) is 0. The average Bonchev–Trinajstić information content (AvgIpc) is 1.86. The maximum atomic E-state index is 2.69. The van der Waals surface area contributed by atoms with E-state index in [0.717, 1.165) is 0 Å². The summed E-state index contributed by atoms with van der Waals surface area (Å²) in [7, 11) is 0. The van der Waals surface area contributed by atoms with Gasteiger partial charge in [0.2, 0.25) is 0 Å². The van der Waals surface area contributed by atoms with Crippen molar-refractivity contribution in [2.45, 2.75) is 110 Å². The van der Waals surface area contributed by atoms with Crippen LogP contribution in [-0.4, -0.2) is 6.71 Å². The summed E-state index contributed by atoms with van der Waals surface area (Å²) in [6.45, 7) is 28.1. The molecule has 81 heavy (non-hydrogen) atoms. The largest absolute Gasteiger partial charge is 0.311 e. The quantitative estimate of drug-likeness (QED) is 0.159. The average molecular weight is 1060 g/mol. The molecule has 1 spiro atoms. The van der Waals surface area contributed by atoms with E-state index < -0.39 is 5.41 Å². The predicted octanol–water partition coefficient (Wildman–Crippen LogP) is 19.3. The lowest BCUT2D eigenvalue weighted by molar-refractivity contribution is 0.589. The molecule has 1 unspecified atom stereocenters. The summed E-state index contributed by atoms with van der Waals surface area (Å²) in [4.78, 5) is 5.31. The molecule has 0 saturated carbocycles. The number of fused-ring (bicyclic) bond motifs is 16. The molecule has 4 heteroatoms. The lowest BCUT2D eigenvalue weighted by atomic mass is 9.36. The van der Waals surface area contributed by atoms with Crippen LogP contribution in [0.25, 0.3) is 65.4 Å². The Bertz CT molecular complexity index is 4560. The fourth-order valence-corrected chi connectivity index (χ4v) is 16.5. The zero-order valence-electron chi connectivity index (χ0n) is 48.8. The van der Waals surface area contributed by atoms with Crippen LogP contribution in [0.3, 0.4) is 0 Å². The van der Waals surface area contributed by atoms with E-state index >= 15 is 0 Å². The molecule has 5 aliphatic rings. The van der Waals surface area contributed by atoms with Crippen molar-refractivity contribution in [3.63, 3.8) is 0 Å². The molecular weight excluding hydrogens is 996 g/mol. The van der Waals surface area contributed by atoms with Crippen molar-refractivity contribution in [3.8, 4) is 44.5 Å². The van der Waals surface area contributed by atoms with Crippen molar-refractivity contribution in [2.24, 2.45) is 0 Å². The normalized spacial score (nSPS) is 16.1. The van der Waals surface area contributed by atoms with Gasteiger partial charge in [-0.1, -0.05) is 217 Å². The van der Waals surface area contributed by atoms with Crippen LogP contribution in [-0.2, 0) is 27.1 Å². The topological polar surface area (TPSA) is 6.48 Å². The maximum Gasteiger partial charge on any atom is 0.264 e. The van der Waals surface area contributed by atoms with E-state index in [-0.39, 0.29) is 28.4 Å². The number of hydrogen-bond acceptors (Lipinski definition) is 3. The van der Waals surface area contributed by atoms with Gasteiger partial charge in [-0.2, -0.15) is 0 Å². The van der Waals surface area contributed by atoms with Crippen molar-refractivity contribution in [1.29, 1.82) is 0 Å². The van der Waals surface area contributed by atoms with E-state index in [1.807, 2.05) is 11.3 Å². The number of nitrogens with zero attached hydrogens (tertiary/aromatic N) is 2. The van der Waals surface area contributed by atoms with Gasteiger partial charge in [0.1, 0.15) is 0 Å². The molecule has 0 fully saturated rings. The van der Waals surface area contributed by atoms with Gasteiger partial charge in [0.25, 0.3) is 6.71 Å². The fraction of sp³-hybridized carbons (Fsp3) is 0.221. The summed E-state index contributed by atoms with van der Waals surface area (Å²) in [5.41, 5.74) is 31.1. The van der Waals surface area contributed by atoms with E-state index in [4.69, 9.17) is 0 Å². The molecule has 1 aromatic heterocycles. The van der Waals surface area contributed by atoms with Gasteiger partial charge in [0, 0.05) is 43.3 Å². The molecular formula is C77H67BN2S. The second-order valence-corrected chi connectivity index (χ2v) is 29.2. The van der Waals surface area contributed by atoms with Crippen LogP contribution < -0.4 is 25.5 Å². The van der Waals surface area contributed by atoms with E-state index in [9.17, 15) is 0 Å². The minimum Gasteiger partial charge on any atom is -0.311 e. The van der Waals surface area contributed by atoms with Crippen LogP contribution in [0.4, 0.5) is 34.1 Å². The summed E-state index contributed by atoms with van der Waals surface area (Å²) < 4.78 is 2.72. The molecule has 16 rings (SSSR count). The Balaban J connectivity index is 1.02. The molecule has 2 aliphatic heterocycles. The van der Waals surface area contributed by atoms with E-state index in [0.29, 0.717) is 0 Å². The number of hydrogen-bond donors (Lipinski definition) is 0. The van der Waals surface area contributed by atoms with E-state index in [1.165, 1.54) is 160 Å². The molecule has 1 atom stereocenters. The maximum absolute atomic E-state index is 2.69. The Morgan fingerprint density at radius 2 is 0.914 bits per heavy atom. The SMILES string of the molecule is CC(C)(C)c1ccc(N2c3cc(C(C)(C)C)ccc3B3c4sc5cc6c(cc5c4N(c4ccc(C(C)(C)C)cc4)c4cc(C(C)(C)C)cc2c43)-c2ccccc2C62c3cccc4c3-c3c2ccc2cccc(c32)-c2ccccc2-4)cc1. The molecule has 2 nitrogen and oxygen atoms in total. The predicted molar refractivity (Wildman–Crippen MR) is 349 cm³/mol. The number of anilines is 6. The van der Waals surface area contributed by atoms with Gasteiger partial charge in [0.05, 0.1) is 11.1 Å². The molecule has 0 bridgehead atoms. The first-order chi connectivity index (χ1) is 38.7. The van der Waals surface area contributed by atoms with Gasteiger partial charge in [-0.25, -0.2) is 0 Å². The smallest absolute Gasteiger partial charge is 0.264 e. The molecule has 0 radical (unpaired) electrons.